The SMILES string of the molecule is Cc1ccncc1CN(C)C(=O)c1cc(C2CC2)no1. The molecule has 0 aromatic carbocycles. The lowest BCUT2D eigenvalue weighted by molar-refractivity contribution is 0.0743. The molecule has 5 heteroatoms. The molecule has 2 aromatic heterocycles. The number of carbonyl (C=O) groups is 1. The largest absolute Gasteiger partial charge is 0.351 e. The molecule has 0 unspecified atom stereocenters. The van der Waals surface area contributed by atoms with Gasteiger partial charge in [0.25, 0.3) is 5.91 Å². The number of aryl methyl sites for hydroxylation is 1. The zero-order valence-corrected chi connectivity index (χ0v) is 11.7. The Morgan fingerprint density at radius 1 is 1.50 bits per heavy atom. The fourth-order valence-electron chi connectivity index (χ4n) is 2.14. The van der Waals surface area contributed by atoms with E-state index < -0.39 is 0 Å². The second-order valence-corrected chi connectivity index (χ2v) is 5.35. The quantitative estimate of drug-likeness (QED) is 0.857. The Bertz CT molecular complexity index is 632. The second-order valence-electron chi connectivity index (χ2n) is 5.35. The maximum absolute atomic E-state index is 12.3. The number of amides is 1. The van der Waals surface area contributed by atoms with E-state index in [2.05, 4.69) is 10.1 Å². The molecule has 0 spiro atoms. The van der Waals surface area contributed by atoms with Gasteiger partial charge in [0.2, 0.25) is 5.76 Å². The van der Waals surface area contributed by atoms with Crippen molar-refractivity contribution in [3.63, 3.8) is 0 Å². The van der Waals surface area contributed by atoms with Gasteiger partial charge in [-0.05, 0) is 37.0 Å². The van der Waals surface area contributed by atoms with Gasteiger partial charge in [-0.15, -0.1) is 0 Å². The van der Waals surface area contributed by atoms with Crippen LogP contribution >= 0.6 is 0 Å². The van der Waals surface area contributed by atoms with Crippen LogP contribution in [-0.2, 0) is 6.54 Å². The topological polar surface area (TPSA) is 59.2 Å². The maximum atomic E-state index is 12.3. The number of aromatic nitrogens is 2. The highest BCUT2D eigenvalue weighted by Gasteiger charge is 2.28. The highest BCUT2D eigenvalue weighted by atomic mass is 16.5. The van der Waals surface area contributed by atoms with E-state index in [1.54, 1.807) is 30.4 Å². The van der Waals surface area contributed by atoms with Crippen molar-refractivity contribution in [2.75, 3.05) is 7.05 Å². The molecule has 1 aliphatic rings. The first-order chi connectivity index (χ1) is 9.65. The molecule has 2 heterocycles. The van der Waals surface area contributed by atoms with Crippen molar-refractivity contribution < 1.29 is 9.32 Å². The van der Waals surface area contributed by atoms with E-state index in [1.807, 2.05) is 13.0 Å². The normalized spacial score (nSPS) is 14.3. The minimum Gasteiger partial charge on any atom is -0.351 e. The lowest BCUT2D eigenvalue weighted by Crippen LogP contribution is -2.26. The molecule has 1 amide bonds. The second kappa shape index (κ2) is 5.07. The van der Waals surface area contributed by atoms with Gasteiger partial charge in [0.1, 0.15) is 0 Å². The predicted octanol–water partition coefficient (Wildman–Crippen LogP) is 2.53. The number of rotatable bonds is 4. The zero-order chi connectivity index (χ0) is 14.1. The van der Waals surface area contributed by atoms with Crippen molar-refractivity contribution in [3.8, 4) is 0 Å². The standard InChI is InChI=1S/C15H17N3O2/c1-10-5-6-16-8-12(10)9-18(2)15(19)14-7-13(17-20-14)11-3-4-11/h5-8,11H,3-4,9H2,1-2H3. The van der Waals surface area contributed by atoms with Gasteiger partial charge < -0.3 is 9.42 Å². The van der Waals surface area contributed by atoms with Crippen molar-refractivity contribution in [1.82, 2.24) is 15.0 Å². The molecule has 0 atom stereocenters. The molecule has 3 rings (SSSR count). The Morgan fingerprint density at radius 2 is 2.30 bits per heavy atom. The summed E-state index contributed by atoms with van der Waals surface area (Å²) in [5.41, 5.74) is 3.06. The van der Waals surface area contributed by atoms with Gasteiger partial charge in [-0.3, -0.25) is 9.78 Å². The van der Waals surface area contributed by atoms with Crippen LogP contribution in [0.5, 0.6) is 0 Å². The van der Waals surface area contributed by atoms with Gasteiger partial charge in [-0.2, -0.15) is 0 Å². The average molecular weight is 271 g/mol. The van der Waals surface area contributed by atoms with Crippen molar-refractivity contribution in [2.45, 2.75) is 32.2 Å². The molecule has 1 fully saturated rings. The number of pyridine rings is 1. The summed E-state index contributed by atoms with van der Waals surface area (Å²) in [6.07, 6.45) is 5.82. The monoisotopic (exact) mass is 271 g/mol. The Labute approximate surface area is 117 Å². The number of hydrogen-bond donors (Lipinski definition) is 0. The first kappa shape index (κ1) is 12.8. The van der Waals surface area contributed by atoms with Gasteiger partial charge in [0.05, 0.1) is 5.69 Å². The van der Waals surface area contributed by atoms with Crippen LogP contribution in [0.4, 0.5) is 0 Å². The van der Waals surface area contributed by atoms with Gasteiger partial charge in [0, 0.05) is 38.0 Å². The van der Waals surface area contributed by atoms with Crippen molar-refractivity contribution in [2.24, 2.45) is 0 Å². The Kier molecular flexibility index (Phi) is 3.26. The summed E-state index contributed by atoms with van der Waals surface area (Å²) in [5.74, 6) is 0.662. The molecular weight excluding hydrogens is 254 g/mol. The molecule has 104 valence electrons. The molecule has 5 nitrogen and oxygen atoms in total. The first-order valence-electron chi connectivity index (χ1n) is 6.76. The molecule has 0 radical (unpaired) electrons. The third kappa shape index (κ3) is 2.57. The molecule has 0 saturated heterocycles. The van der Waals surface area contributed by atoms with E-state index >= 15 is 0 Å². The third-order valence-corrected chi connectivity index (χ3v) is 3.64. The van der Waals surface area contributed by atoms with Crippen LogP contribution < -0.4 is 0 Å². The van der Waals surface area contributed by atoms with Crippen LogP contribution in [0, 0.1) is 6.92 Å². The van der Waals surface area contributed by atoms with Gasteiger partial charge in [0.15, 0.2) is 0 Å². The highest BCUT2D eigenvalue weighted by molar-refractivity contribution is 5.91. The summed E-state index contributed by atoms with van der Waals surface area (Å²) in [6.45, 7) is 2.52. The van der Waals surface area contributed by atoms with E-state index in [4.69, 9.17) is 4.52 Å². The lowest BCUT2D eigenvalue weighted by atomic mass is 10.1. The minimum atomic E-state index is -0.146. The number of carbonyl (C=O) groups excluding carboxylic acids is 1. The molecule has 0 N–H and O–H groups in total. The van der Waals surface area contributed by atoms with Crippen LogP contribution in [0.3, 0.4) is 0 Å². The average Bonchev–Trinajstić information content (AvgIpc) is 3.18. The van der Waals surface area contributed by atoms with Crippen molar-refractivity contribution in [1.29, 1.82) is 0 Å². The highest BCUT2D eigenvalue weighted by Crippen LogP contribution is 2.39. The molecule has 1 saturated carbocycles. The summed E-state index contributed by atoms with van der Waals surface area (Å²) in [6, 6.07) is 3.71. The zero-order valence-electron chi connectivity index (χ0n) is 11.7. The van der Waals surface area contributed by atoms with E-state index in [0.717, 1.165) is 29.7 Å². The predicted molar refractivity (Wildman–Crippen MR) is 73.2 cm³/mol. The van der Waals surface area contributed by atoms with Crippen molar-refractivity contribution in [3.05, 3.63) is 47.1 Å². The fraction of sp³-hybridized carbons (Fsp3) is 0.400. The van der Waals surface area contributed by atoms with Crippen LogP contribution in [0.15, 0.2) is 29.0 Å². The lowest BCUT2D eigenvalue weighted by Gasteiger charge is -2.16. The summed E-state index contributed by atoms with van der Waals surface area (Å²) in [5, 5.41) is 3.97. The first-order valence-corrected chi connectivity index (χ1v) is 6.76. The molecular formula is C15H17N3O2. The van der Waals surface area contributed by atoms with Gasteiger partial charge in [-0.1, -0.05) is 5.16 Å². The number of nitrogens with zero attached hydrogens (tertiary/aromatic N) is 3. The maximum Gasteiger partial charge on any atom is 0.292 e. The summed E-state index contributed by atoms with van der Waals surface area (Å²) in [7, 11) is 1.76. The van der Waals surface area contributed by atoms with Crippen LogP contribution in [0.2, 0.25) is 0 Å². The van der Waals surface area contributed by atoms with Gasteiger partial charge in [-0.25, -0.2) is 0 Å². The molecule has 20 heavy (non-hydrogen) atoms. The minimum absolute atomic E-state index is 0.146. The Balaban J connectivity index is 1.71. The smallest absolute Gasteiger partial charge is 0.292 e. The third-order valence-electron chi connectivity index (χ3n) is 3.64. The number of hydrogen-bond acceptors (Lipinski definition) is 4. The Morgan fingerprint density at radius 3 is 3.00 bits per heavy atom. The van der Waals surface area contributed by atoms with E-state index in [0.29, 0.717) is 18.2 Å². The summed E-state index contributed by atoms with van der Waals surface area (Å²) in [4.78, 5) is 18.0. The summed E-state index contributed by atoms with van der Waals surface area (Å²) >= 11 is 0. The molecule has 1 aliphatic carbocycles. The van der Waals surface area contributed by atoms with Crippen molar-refractivity contribution >= 4 is 5.91 Å². The summed E-state index contributed by atoms with van der Waals surface area (Å²) < 4.78 is 5.16. The molecule has 2 aromatic rings. The van der Waals surface area contributed by atoms with Crippen LogP contribution in [0.1, 0.15) is 46.1 Å². The van der Waals surface area contributed by atoms with Gasteiger partial charge >= 0.3 is 0 Å². The van der Waals surface area contributed by atoms with Crippen LogP contribution in [0.25, 0.3) is 0 Å². The van der Waals surface area contributed by atoms with E-state index in [-0.39, 0.29) is 5.91 Å². The molecule has 0 aliphatic heterocycles. The van der Waals surface area contributed by atoms with E-state index in [1.165, 1.54) is 0 Å². The Hall–Kier alpha value is -2.17. The molecule has 0 bridgehead atoms. The fourth-order valence-corrected chi connectivity index (χ4v) is 2.14. The van der Waals surface area contributed by atoms with E-state index in [9.17, 15) is 4.79 Å². The van der Waals surface area contributed by atoms with Crippen LogP contribution in [-0.4, -0.2) is 28.0 Å².